The van der Waals surface area contributed by atoms with Crippen molar-refractivity contribution in [3.8, 4) is 11.5 Å². The van der Waals surface area contributed by atoms with Crippen molar-refractivity contribution in [2.24, 2.45) is 0 Å². The van der Waals surface area contributed by atoms with Gasteiger partial charge in [-0.3, -0.25) is 9.78 Å². The summed E-state index contributed by atoms with van der Waals surface area (Å²) in [6.45, 7) is 3.68. The van der Waals surface area contributed by atoms with Crippen molar-refractivity contribution in [3.63, 3.8) is 0 Å². The van der Waals surface area contributed by atoms with Gasteiger partial charge in [0.2, 0.25) is 5.82 Å². The van der Waals surface area contributed by atoms with Crippen molar-refractivity contribution in [1.29, 1.82) is 0 Å². The number of ether oxygens (including phenoxy) is 1. The van der Waals surface area contributed by atoms with Crippen LogP contribution >= 0.6 is 0 Å². The first kappa shape index (κ1) is 14.1. The summed E-state index contributed by atoms with van der Waals surface area (Å²) in [5.74, 6) is -0.274. The summed E-state index contributed by atoms with van der Waals surface area (Å²) in [6, 6.07) is 0. The number of carbonyl (C=O) groups excluding carboxylic acids is 1. The third-order valence-corrected chi connectivity index (χ3v) is 2.37. The largest absolute Gasteiger partial charge is 0.382 e. The number of hydrogen-bond acceptors (Lipinski definition) is 7. The highest BCUT2D eigenvalue weighted by molar-refractivity contribution is 5.89. The first-order chi connectivity index (χ1) is 9.81. The molecule has 0 unspecified atom stereocenters. The molecule has 0 bridgehead atoms. The molecule has 0 atom stereocenters. The van der Waals surface area contributed by atoms with Crippen molar-refractivity contribution in [1.82, 2.24) is 25.4 Å². The van der Waals surface area contributed by atoms with Gasteiger partial charge in [0, 0.05) is 32.2 Å². The average Bonchev–Trinajstić information content (AvgIpc) is 2.98. The Morgan fingerprint density at radius 3 is 3.10 bits per heavy atom. The molecule has 8 nitrogen and oxygen atoms in total. The Kier molecular flexibility index (Phi) is 5.13. The van der Waals surface area contributed by atoms with E-state index in [1.54, 1.807) is 0 Å². The van der Waals surface area contributed by atoms with Crippen molar-refractivity contribution in [2.75, 3.05) is 19.8 Å². The van der Waals surface area contributed by atoms with Crippen molar-refractivity contribution < 1.29 is 14.1 Å². The second-order valence-electron chi connectivity index (χ2n) is 3.82. The van der Waals surface area contributed by atoms with Crippen molar-refractivity contribution in [3.05, 3.63) is 24.5 Å². The van der Waals surface area contributed by atoms with E-state index in [2.05, 4.69) is 25.4 Å². The van der Waals surface area contributed by atoms with E-state index in [1.807, 2.05) is 6.92 Å². The molecule has 2 aromatic heterocycles. The maximum Gasteiger partial charge on any atom is 0.316 e. The van der Waals surface area contributed by atoms with E-state index in [9.17, 15) is 4.79 Å². The Morgan fingerprint density at radius 2 is 2.35 bits per heavy atom. The summed E-state index contributed by atoms with van der Waals surface area (Å²) in [5.41, 5.74) is 0.451. The molecule has 0 radical (unpaired) electrons. The summed E-state index contributed by atoms with van der Waals surface area (Å²) >= 11 is 0. The van der Waals surface area contributed by atoms with Crippen LogP contribution < -0.4 is 5.32 Å². The van der Waals surface area contributed by atoms with E-state index >= 15 is 0 Å². The maximum atomic E-state index is 11.7. The van der Waals surface area contributed by atoms with Crippen LogP contribution in [0, 0.1) is 0 Å². The Hall–Kier alpha value is -2.35. The van der Waals surface area contributed by atoms with E-state index in [4.69, 9.17) is 9.26 Å². The number of nitrogens with one attached hydrogen (secondary N) is 1. The number of aromatic nitrogens is 4. The van der Waals surface area contributed by atoms with Crippen LogP contribution in [0.1, 0.15) is 24.0 Å². The Bertz CT molecular complexity index is 543. The third kappa shape index (κ3) is 3.82. The number of rotatable bonds is 7. The van der Waals surface area contributed by atoms with Crippen LogP contribution in [0.2, 0.25) is 0 Å². The molecular weight excluding hydrogens is 262 g/mol. The van der Waals surface area contributed by atoms with Crippen LogP contribution in [-0.4, -0.2) is 45.8 Å². The van der Waals surface area contributed by atoms with Crippen LogP contribution in [0.25, 0.3) is 11.5 Å². The highest BCUT2D eigenvalue weighted by atomic mass is 16.5. The lowest BCUT2D eigenvalue weighted by atomic mass is 10.4. The fourth-order valence-corrected chi connectivity index (χ4v) is 1.43. The lowest BCUT2D eigenvalue weighted by Gasteiger charge is -2.01. The molecule has 0 aliphatic heterocycles. The van der Waals surface area contributed by atoms with Gasteiger partial charge in [-0.2, -0.15) is 4.98 Å². The van der Waals surface area contributed by atoms with E-state index in [-0.39, 0.29) is 11.7 Å². The molecule has 0 saturated carbocycles. The zero-order valence-electron chi connectivity index (χ0n) is 11.1. The van der Waals surface area contributed by atoms with E-state index in [0.717, 1.165) is 6.42 Å². The Labute approximate surface area is 115 Å². The lowest BCUT2D eigenvalue weighted by Crippen LogP contribution is -2.25. The number of nitrogens with zero attached hydrogens (tertiary/aromatic N) is 4. The Morgan fingerprint density at radius 1 is 1.45 bits per heavy atom. The minimum Gasteiger partial charge on any atom is -0.382 e. The van der Waals surface area contributed by atoms with Crippen LogP contribution in [0.3, 0.4) is 0 Å². The van der Waals surface area contributed by atoms with Gasteiger partial charge in [-0.25, -0.2) is 4.98 Å². The predicted octanol–water partition coefficient (Wildman–Crippen LogP) is 0.683. The van der Waals surface area contributed by atoms with Gasteiger partial charge in [0.15, 0.2) is 0 Å². The molecule has 2 heterocycles. The standard InChI is InChI=1S/C12H15N5O3/c1-2-19-7-3-4-15-11(18)12-16-10(17-20-12)9-8-13-5-6-14-9/h5-6,8H,2-4,7H2,1H3,(H,15,18). The average molecular weight is 277 g/mol. The molecule has 1 amide bonds. The zero-order chi connectivity index (χ0) is 14.2. The second-order valence-corrected chi connectivity index (χ2v) is 3.82. The Balaban J connectivity index is 1.87. The quantitative estimate of drug-likeness (QED) is 0.742. The van der Waals surface area contributed by atoms with Gasteiger partial charge in [-0.1, -0.05) is 5.16 Å². The monoisotopic (exact) mass is 277 g/mol. The molecule has 8 heteroatoms. The summed E-state index contributed by atoms with van der Waals surface area (Å²) in [5, 5.41) is 6.36. The van der Waals surface area contributed by atoms with Gasteiger partial charge in [0.05, 0.1) is 6.20 Å². The maximum absolute atomic E-state index is 11.7. The van der Waals surface area contributed by atoms with E-state index < -0.39 is 5.91 Å². The molecule has 2 rings (SSSR count). The minimum absolute atomic E-state index is 0.0953. The van der Waals surface area contributed by atoms with Gasteiger partial charge in [0.25, 0.3) is 0 Å². The SMILES string of the molecule is CCOCCCNC(=O)c1nc(-c2cnccn2)no1. The second kappa shape index (κ2) is 7.29. The van der Waals surface area contributed by atoms with Crippen molar-refractivity contribution >= 4 is 5.91 Å². The number of carbonyl (C=O) groups is 1. The van der Waals surface area contributed by atoms with Crippen molar-refractivity contribution in [2.45, 2.75) is 13.3 Å². The predicted molar refractivity (Wildman–Crippen MR) is 68.8 cm³/mol. The first-order valence-electron chi connectivity index (χ1n) is 6.27. The van der Waals surface area contributed by atoms with E-state index in [0.29, 0.717) is 25.5 Å². The highest BCUT2D eigenvalue weighted by Crippen LogP contribution is 2.10. The molecule has 106 valence electrons. The molecule has 2 aromatic rings. The number of amides is 1. The molecular formula is C12H15N5O3. The normalized spacial score (nSPS) is 10.4. The van der Waals surface area contributed by atoms with Gasteiger partial charge >= 0.3 is 11.8 Å². The minimum atomic E-state index is -0.413. The van der Waals surface area contributed by atoms with Crippen LogP contribution in [0.15, 0.2) is 23.1 Å². The summed E-state index contributed by atoms with van der Waals surface area (Å²) < 4.78 is 10.1. The summed E-state index contributed by atoms with van der Waals surface area (Å²) in [7, 11) is 0. The zero-order valence-corrected chi connectivity index (χ0v) is 11.1. The molecule has 0 spiro atoms. The summed E-state index contributed by atoms with van der Waals surface area (Å²) in [6.07, 6.45) is 5.27. The molecule has 0 aliphatic carbocycles. The van der Waals surface area contributed by atoms with Crippen LogP contribution in [0.4, 0.5) is 0 Å². The lowest BCUT2D eigenvalue weighted by molar-refractivity contribution is 0.0901. The topological polar surface area (TPSA) is 103 Å². The van der Waals surface area contributed by atoms with Gasteiger partial charge in [-0.05, 0) is 13.3 Å². The smallest absolute Gasteiger partial charge is 0.316 e. The molecule has 0 saturated heterocycles. The molecule has 20 heavy (non-hydrogen) atoms. The molecule has 1 N–H and O–H groups in total. The fourth-order valence-electron chi connectivity index (χ4n) is 1.43. The first-order valence-corrected chi connectivity index (χ1v) is 6.27. The van der Waals surface area contributed by atoms with E-state index in [1.165, 1.54) is 18.6 Å². The molecule has 0 aliphatic rings. The fraction of sp³-hybridized carbons (Fsp3) is 0.417. The molecule has 0 aromatic carbocycles. The van der Waals surface area contributed by atoms with Crippen LogP contribution in [0.5, 0.6) is 0 Å². The van der Waals surface area contributed by atoms with Gasteiger partial charge in [0.1, 0.15) is 5.69 Å². The van der Waals surface area contributed by atoms with Gasteiger partial charge in [-0.15, -0.1) is 0 Å². The van der Waals surface area contributed by atoms with Gasteiger partial charge < -0.3 is 14.6 Å². The molecule has 0 fully saturated rings. The highest BCUT2D eigenvalue weighted by Gasteiger charge is 2.16. The number of hydrogen-bond donors (Lipinski definition) is 1. The third-order valence-electron chi connectivity index (χ3n) is 2.37. The van der Waals surface area contributed by atoms with Crippen LogP contribution in [-0.2, 0) is 4.74 Å². The summed E-state index contributed by atoms with van der Waals surface area (Å²) in [4.78, 5) is 23.6.